The molecule has 10 heavy (non-hydrogen) atoms. The van der Waals surface area contributed by atoms with Gasteiger partial charge in [0.1, 0.15) is 12.9 Å². The summed E-state index contributed by atoms with van der Waals surface area (Å²) in [7, 11) is 0. The highest BCUT2D eigenvalue weighted by Gasteiger charge is 1.94. The topological polar surface area (TPSA) is 35.3 Å². The Kier molecular flexibility index (Phi) is 2.96. The van der Waals surface area contributed by atoms with E-state index < -0.39 is 0 Å². The maximum Gasteiger partial charge on any atom is 0.219 e. The van der Waals surface area contributed by atoms with Gasteiger partial charge in [-0.25, -0.2) is 4.98 Å². The van der Waals surface area contributed by atoms with Gasteiger partial charge in [0.15, 0.2) is 0 Å². The Morgan fingerprint density at radius 1 is 1.70 bits per heavy atom. The van der Waals surface area contributed by atoms with Gasteiger partial charge < -0.3 is 9.15 Å². The fraction of sp³-hybridized carbons (Fsp3) is 0.571. The molecule has 1 aromatic rings. The minimum absolute atomic E-state index is 0.487. The van der Waals surface area contributed by atoms with Crippen LogP contribution in [0.1, 0.15) is 19.2 Å². The fourth-order valence-electron chi connectivity index (χ4n) is 0.628. The van der Waals surface area contributed by atoms with Gasteiger partial charge >= 0.3 is 0 Å². The molecule has 3 nitrogen and oxygen atoms in total. The van der Waals surface area contributed by atoms with Crippen LogP contribution in [0.15, 0.2) is 16.9 Å². The maximum absolute atomic E-state index is 5.17. The molecule has 0 aromatic carbocycles. The van der Waals surface area contributed by atoms with E-state index >= 15 is 0 Å². The van der Waals surface area contributed by atoms with E-state index in [0.717, 1.165) is 13.0 Å². The Morgan fingerprint density at radius 2 is 2.60 bits per heavy atom. The standard InChI is InChI=1S/C7H11NO2/c1-2-4-9-6-7-8-3-5-10-7/h3,5H,2,4,6H2,1H3. The highest BCUT2D eigenvalue weighted by atomic mass is 16.5. The fourth-order valence-corrected chi connectivity index (χ4v) is 0.628. The molecule has 0 saturated carbocycles. The lowest BCUT2D eigenvalue weighted by Gasteiger charge is -1.95. The number of ether oxygens (including phenoxy) is 1. The van der Waals surface area contributed by atoms with E-state index in [1.54, 1.807) is 12.5 Å². The van der Waals surface area contributed by atoms with Gasteiger partial charge in [-0.1, -0.05) is 6.92 Å². The summed E-state index contributed by atoms with van der Waals surface area (Å²) in [4.78, 5) is 3.90. The van der Waals surface area contributed by atoms with Gasteiger partial charge in [0.2, 0.25) is 5.89 Å². The van der Waals surface area contributed by atoms with Crippen molar-refractivity contribution in [2.24, 2.45) is 0 Å². The van der Waals surface area contributed by atoms with Crippen molar-refractivity contribution in [3.05, 3.63) is 18.4 Å². The van der Waals surface area contributed by atoms with Crippen molar-refractivity contribution >= 4 is 0 Å². The molecule has 0 amide bonds. The predicted molar refractivity (Wildman–Crippen MR) is 36.5 cm³/mol. The summed E-state index contributed by atoms with van der Waals surface area (Å²) in [6.45, 7) is 3.32. The first-order valence-corrected chi connectivity index (χ1v) is 3.39. The Balaban J connectivity index is 2.15. The van der Waals surface area contributed by atoms with Crippen molar-refractivity contribution < 1.29 is 9.15 Å². The molecule has 0 N–H and O–H groups in total. The molecule has 1 heterocycles. The van der Waals surface area contributed by atoms with Gasteiger partial charge in [-0.05, 0) is 6.42 Å². The third kappa shape index (κ3) is 2.19. The van der Waals surface area contributed by atoms with Crippen LogP contribution in [0, 0.1) is 0 Å². The molecule has 0 unspecified atom stereocenters. The van der Waals surface area contributed by atoms with Crippen molar-refractivity contribution in [3.8, 4) is 0 Å². The van der Waals surface area contributed by atoms with Crippen LogP contribution in [-0.4, -0.2) is 11.6 Å². The molecule has 0 atom stereocenters. The molecule has 0 radical (unpaired) electrons. The summed E-state index contributed by atoms with van der Waals surface area (Å²) in [5.41, 5.74) is 0. The van der Waals surface area contributed by atoms with E-state index in [2.05, 4.69) is 11.9 Å². The number of aromatic nitrogens is 1. The van der Waals surface area contributed by atoms with E-state index in [0.29, 0.717) is 12.5 Å². The zero-order valence-corrected chi connectivity index (χ0v) is 6.04. The second-order valence-corrected chi connectivity index (χ2v) is 1.98. The Morgan fingerprint density at radius 3 is 3.20 bits per heavy atom. The lowest BCUT2D eigenvalue weighted by Crippen LogP contribution is -1.93. The second-order valence-electron chi connectivity index (χ2n) is 1.98. The largest absolute Gasteiger partial charge is 0.446 e. The van der Waals surface area contributed by atoms with E-state index in [-0.39, 0.29) is 0 Å². The zero-order valence-electron chi connectivity index (χ0n) is 6.04. The molecule has 0 spiro atoms. The smallest absolute Gasteiger partial charge is 0.219 e. The molecule has 0 bridgehead atoms. The average molecular weight is 141 g/mol. The van der Waals surface area contributed by atoms with Gasteiger partial charge in [0.25, 0.3) is 0 Å². The van der Waals surface area contributed by atoms with Crippen LogP contribution < -0.4 is 0 Å². The predicted octanol–water partition coefficient (Wildman–Crippen LogP) is 1.60. The van der Waals surface area contributed by atoms with Crippen molar-refractivity contribution in [2.75, 3.05) is 6.61 Å². The van der Waals surface area contributed by atoms with E-state index in [4.69, 9.17) is 9.15 Å². The van der Waals surface area contributed by atoms with Crippen molar-refractivity contribution in [1.29, 1.82) is 0 Å². The number of rotatable bonds is 4. The summed E-state index contributed by atoms with van der Waals surface area (Å²) in [6.07, 6.45) is 4.19. The zero-order chi connectivity index (χ0) is 7.23. The molecular weight excluding hydrogens is 130 g/mol. The Hall–Kier alpha value is -0.830. The Bertz CT molecular complexity index is 160. The third-order valence-electron chi connectivity index (χ3n) is 1.06. The summed E-state index contributed by atoms with van der Waals surface area (Å²) >= 11 is 0. The summed E-state index contributed by atoms with van der Waals surface area (Å²) < 4.78 is 10.1. The van der Waals surface area contributed by atoms with Crippen LogP contribution in [0.4, 0.5) is 0 Å². The van der Waals surface area contributed by atoms with Gasteiger partial charge in [-0.2, -0.15) is 0 Å². The molecule has 0 saturated heterocycles. The molecule has 0 aliphatic heterocycles. The monoisotopic (exact) mass is 141 g/mol. The minimum Gasteiger partial charge on any atom is -0.446 e. The van der Waals surface area contributed by atoms with Gasteiger partial charge in [-0.15, -0.1) is 0 Å². The van der Waals surface area contributed by atoms with Crippen molar-refractivity contribution in [2.45, 2.75) is 20.0 Å². The quantitative estimate of drug-likeness (QED) is 0.597. The van der Waals surface area contributed by atoms with Gasteiger partial charge in [0, 0.05) is 6.61 Å². The normalized spacial score (nSPS) is 10.1. The molecule has 0 aliphatic rings. The SMILES string of the molecule is CCCOCc1ncco1. The van der Waals surface area contributed by atoms with Crippen LogP contribution in [0.25, 0.3) is 0 Å². The van der Waals surface area contributed by atoms with Crippen LogP contribution in [0.5, 0.6) is 0 Å². The first kappa shape index (κ1) is 7.28. The minimum atomic E-state index is 0.487. The Labute approximate surface area is 60.0 Å². The van der Waals surface area contributed by atoms with Crippen LogP contribution in [0.2, 0.25) is 0 Å². The molecule has 3 heteroatoms. The molecular formula is C7H11NO2. The summed E-state index contributed by atoms with van der Waals surface area (Å²) in [5.74, 6) is 0.647. The number of hydrogen-bond donors (Lipinski definition) is 0. The van der Waals surface area contributed by atoms with Gasteiger partial charge in [0.05, 0.1) is 6.20 Å². The first-order valence-electron chi connectivity index (χ1n) is 3.39. The summed E-state index contributed by atoms with van der Waals surface area (Å²) in [5, 5.41) is 0. The third-order valence-corrected chi connectivity index (χ3v) is 1.06. The van der Waals surface area contributed by atoms with Gasteiger partial charge in [-0.3, -0.25) is 0 Å². The number of nitrogens with zero attached hydrogens (tertiary/aromatic N) is 1. The van der Waals surface area contributed by atoms with Crippen molar-refractivity contribution in [3.63, 3.8) is 0 Å². The van der Waals surface area contributed by atoms with Crippen LogP contribution in [0.3, 0.4) is 0 Å². The number of hydrogen-bond acceptors (Lipinski definition) is 3. The lowest BCUT2D eigenvalue weighted by molar-refractivity contribution is 0.103. The van der Waals surface area contributed by atoms with Crippen molar-refractivity contribution in [1.82, 2.24) is 4.98 Å². The second kappa shape index (κ2) is 4.06. The average Bonchev–Trinajstić information content (AvgIpc) is 2.41. The number of oxazole rings is 1. The summed E-state index contributed by atoms with van der Waals surface area (Å²) in [6, 6.07) is 0. The van der Waals surface area contributed by atoms with Crippen LogP contribution in [-0.2, 0) is 11.3 Å². The van der Waals surface area contributed by atoms with E-state index in [9.17, 15) is 0 Å². The highest BCUT2D eigenvalue weighted by Crippen LogP contribution is 1.96. The highest BCUT2D eigenvalue weighted by molar-refractivity contribution is 4.75. The molecule has 0 aliphatic carbocycles. The molecule has 1 rings (SSSR count). The lowest BCUT2D eigenvalue weighted by atomic mass is 10.5. The molecule has 56 valence electrons. The van der Waals surface area contributed by atoms with E-state index in [1.807, 2.05) is 0 Å². The first-order chi connectivity index (χ1) is 4.93. The molecule has 1 aromatic heterocycles. The maximum atomic E-state index is 5.17. The molecule has 0 fully saturated rings. The van der Waals surface area contributed by atoms with Crippen LogP contribution >= 0.6 is 0 Å². The van der Waals surface area contributed by atoms with E-state index in [1.165, 1.54) is 0 Å².